The fourth-order valence-electron chi connectivity index (χ4n) is 3.36. The Bertz CT molecular complexity index is 1130. The molecule has 0 saturated heterocycles. The fourth-order valence-corrected chi connectivity index (χ4v) is 3.36. The number of fused-ring (bicyclic) bond motifs is 1. The molecule has 7 nitrogen and oxygen atoms in total. The van der Waals surface area contributed by atoms with Crippen LogP contribution in [0.25, 0.3) is 0 Å². The van der Waals surface area contributed by atoms with Gasteiger partial charge in [-0.3, -0.25) is 14.6 Å². The Labute approximate surface area is 161 Å². The predicted octanol–water partition coefficient (Wildman–Crippen LogP) is 3.05. The fraction of sp³-hybridized carbons (Fsp3) is 0.143. The van der Waals surface area contributed by atoms with Gasteiger partial charge in [-0.1, -0.05) is 48.0 Å². The second kappa shape index (κ2) is 7.00. The van der Waals surface area contributed by atoms with E-state index in [1.807, 2.05) is 67.6 Å². The van der Waals surface area contributed by atoms with Crippen LogP contribution < -0.4 is 16.2 Å². The molecule has 2 heterocycles. The summed E-state index contributed by atoms with van der Waals surface area (Å²) in [4.78, 5) is 32.5. The minimum absolute atomic E-state index is 0.171. The zero-order valence-electron chi connectivity index (χ0n) is 15.1. The monoisotopic (exact) mass is 371 g/mol. The van der Waals surface area contributed by atoms with Crippen LogP contribution in [0.2, 0.25) is 0 Å². The van der Waals surface area contributed by atoms with Crippen molar-refractivity contribution in [3.8, 4) is 6.07 Å². The number of carbonyl (C=O) groups is 1. The van der Waals surface area contributed by atoms with Gasteiger partial charge in [0.2, 0.25) is 11.9 Å². The standard InChI is InChI=1S/C21H17N5O2/c1-12-7-9-13(10-8-12)16-15(11-22)19(27)24-18-17(16)20(28)26-21(25-18)23-14-5-3-2-4-6-14/h2-10,15-16H,1H3,(H3,23,24,25,26,27,28). The highest BCUT2D eigenvalue weighted by molar-refractivity contribution is 5.98. The van der Waals surface area contributed by atoms with Crippen molar-refractivity contribution < 1.29 is 4.79 Å². The van der Waals surface area contributed by atoms with E-state index in [9.17, 15) is 14.9 Å². The third-order valence-electron chi connectivity index (χ3n) is 4.74. The maximum Gasteiger partial charge on any atom is 0.258 e. The Kier molecular flexibility index (Phi) is 4.38. The van der Waals surface area contributed by atoms with E-state index < -0.39 is 23.3 Å². The number of amides is 1. The van der Waals surface area contributed by atoms with E-state index >= 15 is 0 Å². The maximum absolute atomic E-state index is 12.9. The van der Waals surface area contributed by atoms with E-state index in [-0.39, 0.29) is 17.3 Å². The van der Waals surface area contributed by atoms with Gasteiger partial charge in [0.05, 0.1) is 11.6 Å². The number of hydrogen-bond acceptors (Lipinski definition) is 5. The third kappa shape index (κ3) is 3.12. The normalized spacial score (nSPS) is 17.9. The van der Waals surface area contributed by atoms with Crippen molar-refractivity contribution in [1.29, 1.82) is 5.26 Å². The number of hydrogen-bond donors (Lipinski definition) is 3. The molecule has 3 aromatic rings. The van der Waals surface area contributed by atoms with Gasteiger partial charge in [0, 0.05) is 11.6 Å². The van der Waals surface area contributed by atoms with Gasteiger partial charge in [0.1, 0.15) is 11.7 Å². The van der Waals surface area contributed by atoms with Crippen LogP contribution in [-0.2, 0) is 4.79 Å². The highest BCUT2D eigenvalue weighted by atomic mass is 16.2. The number of nitrogens with zero attached hydrogens (tertiary/aromatic N) is 2. The minimum atomic E-state index is -1.01. The lowest BCUT2D eigenvalue weighted by Crippen LogP contribution is -2.38. The molecule has 0 spiro atoms. The van der Waals surface area contributed by atoms with Crippen molar-refractivity contribution in [3.05, 3.63) is 81.6 Å². The van der Waals surface area contributed by atoms with Crippen molar-refractivity contribution in [2.24, 2.45) is 5.92 Å². The molecule has 0 aliphatic carbocycles. The first-order valence-corrected chi connectivity index (χ1v) is 8.80. The molecule has 0 bridgehead atoms. The van der Waals surface area contributed by atoms with Crippen LogP contribution in [-0.4, -0.2) is 15.9 Å². The van der Waals surface area contributed by atoms with E-state index in [0.29, 0.717) is 0 Å². The summed E-state index contributed by atoms with van der Waals surface area (Å²) in [6.07, 6.45) is 0. The van der Waals surface area contributed by atoms with E-state index in [4.69, 9.17) is 0 Å². The van der Waals surface area contributed by atoms with E-state index in [1.165, 1.54) is 0 Å². The molecule has 0 radical (unpaired) electrons. The lowest BCUT2D eigenvalue weighted by molar-refractivity contribution is -0.119. The summed E-state index contributed by atoms with van der Waals surface area (Å²) in [6, 6.07) is 18.7. The zero-order chi connectivity index (χ0) is 19.7. The SMILES string of the molecule is Cc1ccc(C2c3c(nc(Nc4ccccc4)[nH]c3=O)NC(=O)C2C#N)cc1. The molecule has 1 aliphatic heterocycles. The van der Waals surface area contributed by atoms with Crippen LogP contribution in [0.3, 0.4) is 0 Å². The lowest BCUT2D eigenvalue weighted by atomic mass is 9.79. The lowest BCUT2D eigenvalue weighted by Gasteiger charge is -2.28. The molecule has 2 unspecified atom stereocenters. The van der Waals surface area contributed by atoms with Crippen molar-refractivity contribution >= 4 is 23.4 Å². The van der Waals surface area contributed by atoms with Gasteiger partial charge >= 0.3 is 0 Å². The number of aromatic nitrogens is 2. The Balaban J connectivity index is 1.82. The Morgan fingerprint density at radius 3 is 2.46 bits per heavy atom. The van der Waals surface area contributed by atoms with Gasteiger partial charge in [-0.15, -0.1) is 0 Å². The summed E-state index contributed by atoms with van der Waals surface area (Å²) in [5.74, 6) is -1.77. The second-order valence-electron chi connectivity index (χ2n) is 6.65. The molecule has 0 fully saturated rings. The third-order valence-corrected chi connectivity index (χ3v) is 4.74. The molecule has 1 amide bonds. The number of H-pyrrole nitrogens is 1. The Morgan fingerprint density at radius 1 is 1.07 bits per heavy atom. The largest absolute Gasteiger partial charge is 0.326 e. The van der Waals surface area contributed by atoms with E-state index in [2.05, 4.69) is 20.6 Å². The number of nitriles is 1. The number of benzene rings is 2. The first kappa shape index (κ1) is 17.5. The molecule has 0 saturated carbocycles. The smallest absolute Gasteiger partial charge is 0.258 e. The van der Waals surface area contributed by atoms with E-state index in [1.54, 1.807) is 0 Å². The molecule has 4 rings (SSSR count). The number of nitrogens with one attached hydrogen (secondary N) is 3. The summed E-state index contributed by atoms with van der Waals surface area (Å²) in [6.45, 7) is 1.95. The Morgan fingerprint density at radius 2 is 1.79 bits per heavy atom. The molecule has 2 aromatic carbocycles. The molecular formula is C21H17N5O2. The van der Waals surface area contributed by atoms with Crippen LogP contribution >= 0.6 is 0 Å². The number of aryl methyl sites for hydroxylation is 1. The van der Waals surface area contributed by atoms with Crippen molar-refractivity contribution in [1.82, 2.24) is 9.97 Å². The topological polar surface area (TPSA) is 111 Å². The summed E-state index contributed by atoms with van der Waals surface area (Å²) in [5.41, 5.74) is 2.41. The van der Waals surface area contributed by atoms with Crippen molar-refractivity contribution in [2.45, 2.75) is 12.8 Å². The molecule has 1 aromatic heterocycles. The number of rotatable bonds is 3. The van der Waals surface area contributed by atoms with Gasteiger partial charge in [-0.25, -0.2) is 0 Å². The van der Waals surface area contributed by atoms with Crippen molar-refractivity contribution in [3.63, 3.8) is 0 Å². The van der Waals surface area contributed by atoms with E-state index in [0.717, 1.165) is 16.8 Å². The van der Waals surface area contributed by atoms with Gasteiger partial charge in [-0.2, -0.15) is 10.2 Å². The summed E-state index contributed by atoms with van der Waals surface area (Å²) < 4.78 is 0. The van der Waals surface area contributed by atoms with Gasteiger partial charge < -0.3 is 10.6 Å². The van der Waals surface area contributed by atoms with Crippen LogP contribution in [0.15, 0.2) is 59.4 Å². The minimum Gasteiger partial charge on any atom is -0.326 e. The first-order valence-electron chi connectivity index (χ1n) is 8.80. The molecule has 2 atom stereocenters. The van der Waals surface area contributed by atoms with Gasteiger partial charge in [0.25, 0.3) is 5.56 Å². The number of carbonyl (C=O) groups excluding carboxylic acids is 1. The zero-order valence-corrected chi connectivity index (χ0v) is 15.1. The first-order chi connectivity index (χ1) is 13.6. The highest BCUT2D eigenvalue weighted by Gasteiger charge is 2.40. The average molecular weight is 371 g/mol. The summed E-state index contributed by atoms with van der Waals surface area (Å²) in [5, 5.41) is 15.2. The van der Waals surface area contributed by atoms with Crippen LogP contribution in [0.5, 0.6) is 0 Å². The molecule has 7 heteroatoms. The molecule has 138 valence electrons. The summed E-state index contributed by atoms with van der Waals surface area (Å²) >= 11 is 0. The van der Waals surface area contributed by atoms with Crippen LogP contribution in [0.1, 0.15) is 22.6 Å². The van der Waals surface area contributed by atoms with Gasteiger partial charge in [-0.05, 0) is 24.6 Å². The number of anilines is 3. The quantitative estimate of drug-likeness (QED) is 0.655. The van der Waals surface area contributed by atoms with Gasteiger partial charge in [0.15, 0.2) is 0 Å². The summed E-state index contributed by atoms with van der Waals surface area (Å²) in [7, 11) is 0. The molecule has 28 heavy (non-hydrogen) atoms. The second-order valence-corrected chi connectivity index (χ2v) is 6.65. The highest BCUT2D eigenvalue weighted by Crippen LogP contribution is 2.38. The maximum atomic E-state index is 12.9. The molecule has 3 N–H and O–H groups in total. The van der Waals surface area contributed by atoms with Crippen LogP contribution in [0, 0.1) is 24.2 Å². The average Bonchev–Trinajstić information content (AvgIpc) is 2.68. The van der Waals surface area contributed by atoms with Crippen molar-refractivity contribution in [2.75, 3.05) is 10.6 Å². The Hall–Kier alpha value is -3.92. The molecular weight excluding hydrogens is 354 g/mol. The molecule has 1 aliphatic rings. The number of aromatic amines is 1. The predicted molar refractivity (Wildman–Crippen MR) is 105 cm³/mol. The number of para-hydroxylation sites is 1. The van der Waals surface area contributed by atoms with Crippen LogP contribution in [0.4, 0.5) is 17.5 Å².